The third kappa shape index (κ3) is 3.91. The van der Waals surface area contributed by atoms with E-state index in [0.29, 0.717) is 6.54 Å². The van der Waals surface area contributed by atoms with Gasteiger partial charge in [-0.2, -0.15) is 0 Å². The summed E-state index contributed by atoms with van der Waals surface area (Å²) in [5.74, 6) is 0.322. The van der Waals surface area contributed by atoms with E-state index in [1.165, 1.54) is 16.5 Å². The SMILES string of the molecule is CCNC(=O)[C@@H](C)[NH2+]C[C@@H](c1ccccc1)c1c[nH]c2ccccc12. The molecule has 25 heavy (non-hydrogen) atoms. The van der Waals surface area contributed by atoms with Crippen LogP contribution in [0.3, 0.4) is 0 Å². The predicted octanol–water partition coefficient (Wildman–Crippen LogP) is 2.39. The van der Waals surface area contributed by atoms with E-state index in [0.717, 1.165) is 12.1 Å². The third-order valence-electron chi connectivity index (χ3n) is 4.69. The molecular weight excluding hydrogens is 310 g/mol. The zero-order valence-corrected chi connectivity index (χ0v) is 14.8. The second-order valence-corrected chi connectivity index (χ2v) is 6.41. The first kappa shape index (κ1) is 17.2. The molecule has 1 amide bonds. The van der Waals surface area contributed by atoms with Gasteiger partial charge in [0.15, 0.2) is 6.04 Å². The van der Waals surface area contributed by atoms with Crippen molar-refractivity contribution in [3.8, 4) is 0 Å². The summed E-state index contributed by atoms with van der Waals surface area (Å²) >= 11 is 0. The van der Waals surface area contributed by atoms with Crippen LogP contribution in [0.4, 0.5) is 0 Å². The predicted molar refractivity (Wildman–Crippen MR) is 102 cm³/mol. The highest BCUT2D eigenvalue weighted by molar-refractivity contribution is 5.84. The number of benzene rings is 2. The van der Waals surface area contributed by atoms with Gasteiger partial charge in [0.2, 0.25) is 0 Å². The van der Waals surface area contributed by atoms with Gasteiger partial charge in [-0.05, 0) is 31.0 Å². The van der Waals surface area contributed by atoms with E-state index < -0.39 is 0 Å². The molecule has 1 aromatic heterocycles. The number of amides is 1. The molecule has 0 saturated carbocycles. The molecule has 0 bridgehead atoms. The summed E-state index contributed by atoms with van der Waals surface area (Å²) in [7, 11) is 0. The number of aromatic nitrogens is 1. The number of H-pyrrole nitrogens is 1. The van der Waals surface area contributed by atoms with Gasteiger partial charge >= 0.3 is 0 Å². The van der Waals surface area contributed by atoms with E-state index in [1.807, 2.05) is 26.0 Å². The molecule has 0 saturated heterocycles. The van der Waals surface area contributed by atoms with Crippen LogP contribution in [-0.4, -0.2) is 30.0 Å². The van der Waals surface area contributed by atoms with E-state index >= 15 is 0 Å². The fourth-order valence-electron chi connectivity index (χ4n) is 3.29. The Hall–Kier alpha value is -2.59. The van der Waals surface area contributed by atoms with Crippen LogP contribution in [0.25, 0.3) is 10.9 Å². The molecule has 0 spiro atoms. The number of hydrogen-bond donors (Lipinski definition) is 3. The first-order chi connectivity index (χ1) is 12.2. The molecular formula is C21H26N3O+. The first-order valence-corrected chi connectivity index (χ1v) is 8.92. The lowest BCUT2D eigenvalue weighted by atomic mass is 9.90. The number of likely N-dealkylation sites (N-methyl/N-ethyl adjacent to an activating group) is 1. The van der Waals surface area contributed by atoms with Gasteiger partial charge in [0.1, 0.15) is 0 Å². The number of para-hydroxylation sites is 1. The van der Waals surface area contributed by atoms with Crippen molar-refractivity contribution in [2.45, 2.75) is 25.8 Å². The van der Waals surface area contributed by atoms with Crippen molar-refractivity contribution in [2.75, 3.05) is 13.1 Å². The Bertz CT molecular complexity index is 825. The zero-order chi connectivity index (χ0) is 17.6. The Morgan fingerprint density at radius 3 is 2.60 bits per heavy atom. The molecule has 0 aliphatic heterocycles. The van der Waals surface area contributed by atoms with E-state index in [1.54, 1.807) is 0 Å². The number of rotatable bonds is 7. The van der Waals surface area contributed by atoms with Crippen LogP contribution in [0.1, 0.15) is 30.9 Å². The molecule has 0 unspecified atom stereocenters. The third-order valence-corrected chi connectivity index (χ3v) is 4.69. The maximum absolute atomic E-state index is 12.0. The number of aromatic amines is 1. The van der Waals surface area contributed by atoms with Crippen LogP contribution in [0.15, 0.2) is 60.8 Å². The quantitative estimate of drug-likeness (QED) is 0.609. The second kappa shape index (κ2) is 7.99. The van der Waals surface area contributed by atoms with Gasteiger partial charge < -0.3 is 15.6 Å². The van der Waals surface area contributed by atoms with Crippen molar-refractivity contribution in [2.24, 2.45) is 0 Å². The van der Waals surface area contributed by atoms with Crippen LogP contribution in [0.5, 0.6) is 0 Å². The van der Waals surface area contributed by atoms with E-state index in [2.05, 4.69) is 64.3 Å². The summed E-state index contributed by atoms with van der Waals surface area (Å²) in [6, 6.07) is 18.8. The van der Waals surface area contributed by atoms with Gasteiger partial charge in [0.05, 0.1) is 12.5 Å². The maximum Gasteiger partial charge on any atom is 0.277 e. The second-order valence-electron chi connectivity index (χ2n) is 6.41. The number of hydrogen-bond acceptors (Lipinski definition) is 1. The van der Waals surface area contributed by atoms with Crippen molar-refractivity contribution in [1.29, 1.82) is 0 Å². The number of nitrogens with one attached hydrogen (secondary N) is 2. The lowest BCUT2D eigenvalue weighted by Crippen LogP contribution is -2.92. The van der Waals surface area contributed by atoms with E-state index in [9.17, 15) is 4.79 Å². The van der Waals surface area contributed by atoms with Crippen LogP contribution < -0.4 is 10.6 Å². The maximum atomic E-state index is 12.0. The van der Waals surface area contributed by atoms with Crippen LogP contribution >= 0.6 is 0 Å². The number of carbonyl (C=O) groups excluding carboxylic acids is 1. The molecule has 2 atom stereocenters. The first-order valence-electron chi connectivity index (χ1n) is 8.92. The number of nitrogens with two attached hydrogens (primary N) is 1. The molecule has 3 rings (SSSR count). The Morgan fingerprint density at radius 2 is 1.84 bits per heavy atom. The lowest BCUT2D eigenvalue weighted by Gasteiger charge is -2.18. The van der Waals surface area contributed by atoms with E-state index in [4.69, 9.17) is 0 Å². The van der Waals surface area contributed by atoms with Crippen LogP contribution in [0.2, 0.25) is 0 Å². The number of carbonyl (C=O) groups is 1. The normalized spacial score (nSPS) is 13.5. The minimum Gasteiger partial charge on any atom is -0.361 e. The van der Waals surface area contributed by atoms with Crippen LogP contribution in [-0.2, 0) is 4.79 Å². The topological polar surface area (TPSA) is 61.5 Å². The summed E-state index contributed by atoms with van der Waals surface area (Å²) in [5.41, 5.74) is 3.70. The Labute approximate surface area is 148 Å². The van der Waals surface area contributed by atoms with Gasteiger partial charge in [-0.25, -0.2) is 0 Å². The van der Waals surface area contributed by atoms with Crippen molar-refractivity contribution in [3.05, 3.63) is 71.9 Å². The molecule has 0 radical (unpaired) electrons. The smallest absolute Gasteiger partial charge is 0.277 e. The minimum atomic E-state index is -0.101. The van der Waals surface area contributed by atoms with Crippen molar-refractivity contribution < 1.29 is 10.1 Å². The summed E-state index contributed by atoms with van der Waals surface area (Å²) in [5, 5.41) is 6.27. The Morgan fingerprint density at radius 1 is 1.12 bits per heavy atom. The van der Waals surface area contributed by atoms with Crippen molar-refractivity contribution >= 4 is 16.8 Å². The van der Waals surface area contributed by atoms with Gasteiger partial charge in [-0.3, -0.25) is 4.79 Å². The summed E-state index contributed by atoms with van der Waals surface area (Å²) in [6.45, 7) is 5.40. The van der Waals surface area contributed by atoms with Gasteiger partial charge in [-0.15, -0.1) is 0 Å². The fourth-order valence-corrected chi connectivity index (χ4v) is 3.29. The fraction of sp³-hybridized carbons (Fsp3) is 0.286. The molecule has 4 nitrogen and oxygen atoms in total. The van der Waals surface area contributed by atoms with Gasteiger partial charge in [-0.1, -0.05) is 48.5 Å². The molecule has 1 heterocycles. The summed E-state index contributed by atoms with van der Waals surface area (Å²) in [4.78, 5) is 15.4. The lowest BCUT2D eigenvalue weighted by molar-refractivity contribution is -0.674. The summed E-state index contributed by atoms with van der Waals surface area (Å²) < 4.78 is 0. The molecule has 4 heteroatoms. The largest absolute Gasteiger partial charge is 0.361 e. The highest BCUT2D eigenvalue weighted by Gasteiger charge is 2.23. The highest BCUT2D eigenvalue weighted by atomic mass is 16.2. The average molecular weight is 336 g/mol. The Kier molecular flexibility index (Phi) is 5.51. The molecule has 130 valence electrons. The molecule has 2 aromatic carbocycles. The molecule has 0 fully saturated rings. The number of fused-ring (bicyclic) bond motifs is 1. The van der Waals surface area contributed by atoms with E-state index in [-0.39, 0.29) is 17.9 Å². The molecule has 0 aliphatic rings. The zero-order valence-electron chi connectivity index (χ0n) is 14.8. The number of quaternary nitrogens is 1. The van der Waals surface area contributed by atoms with Gasteiger partial charge in [0.25, 0.3) is 5.91 Å². The Balaban J connectivity index is 1.88. The standard InChI is InChI=1S/C21H25N3O/c1-3-22-21(25)15(2)23-13-18(16-9-5-4-6-10-16)19-14-24-20-12-8-7-11-17(19)20/h4-12,14-15,18,23-24H,3,13H2,1-2H3,(H,22,25)/p+1/t15-,18+/m1/s1. The average Bonchev–Trinajstić information content (AvgIpc) is 3.07. The monoisotopic (exact) mass is 336 g/mol. The van der Waals surface area contributed by atoms with Gasteiger partial charge in [0, 0.05) is 23.6 Å². The summed E-state index contributed by atoms with van der Waals surface area (Å²) in [6.07, 6.45) is 2.10. The van der Waals surface area contributed by atoms with Crippen molar-refractivity contribution in [3.63, 3.8) is 0 Å². The van der Waals surface area contributed by atoms with Crippen molar-refractivity contribution in [1.82, 2.24) is 10.3 Å². The van der Waals surface area contributed by atoms with Crippen LogP contribution in [0, 0.1) is 0 Å². The minimum absolute atomic E-state index is 0.0910. The highest BCUT2D eigenvalue weighted by Crippen LogP contribution is 2.29. The molecule has 0 aliphatic carbocycles. The molecule has 3 aromatic rings. The molecule has 4 N–H and O–H groups in total.